The number of halogens is 1. The molecule has 0 aliphatic heterocycles. The van der Waals surface area contributed by atoms with Crippen LogP contribution in [0.15, 0.2) is 5.18 Å². The lowest BCUT2D eigenvalue weighted by atomic mass is 10.4. The van der Waals surface area contributed by atoms with Gasteiger partial charge >= 0.3 is 0 Å². The van der Waals surface area contributed by atoms with Gasteiger partial charge < -0.3 is 8.17 Å². The maximum Gasteiger partial charge on any atom is 0.109 e. The van der Waals surface area contributed by atoms with Gasteiger partial charge in [0, 0.05) is 0 Å². The molecule has 4 nitrogen and oxygen atoms in total. The predicted octanol–water partition coefficient (Wildman–Crippen LogP) is 0.480. The van der Waals surface area contributed by atoms with Crippen LogP contribution in [0.2, 0.25) is 0 Å². The quantitative estimate of drug-likeness (QED) is 0.565. The molecule has 8 heavy (non-hydrogen) atoms. The third kappa shape index (κ3) is 4.41. The Labute approximate surface area is 60.9 Å². The molecule has 0 fully saturated rings. The SMILES string of the molecule is O=NC[C@@H](O)COI. The molecule has 0 rings (SSSR count). The third-order valence-electron chi connectivity index (χ3n) is 0.541. The Hall–Kier alpha value is 0.250. The van der Waals surface area contributed by atoms with Crippen LogP contribution in [0, 0.1) is 4.91 Å². The van der Waals surface area contributed by atoms with Crippen LogP contribution in [0.3, 0.4) is 0 Å². The van der Waals surface area contributed by atoms with Crippen LogP contribution in [0.5, 0.6) is 0 Å². The second-order valence-electron chi connectivity index (χ2n) is 1.24. The van der Waals surface area contributed by atoms with Crippen molar-refractivity contribution in [2.75, 3.05) is 13.2 Å². The van der Waals surface area contributed by atoms with Gasteiger partial charge in [0.25, 0.3) is 0 Å². The Morgan fingerprint density at radius 2 is 2.50 bits per heavy atom. The largest absolute Gasteiger partial charge is 0.389 e. The molecule has 0 aromatic carbocycles. The molecule has 0 spiro atoms. The molecule has 0 aliphatic rings. The second-order valence-corrected chi connectivity index (χ2v) is 1.86. The monoisotopic (exact) mass is 231 g/mol. The van der Waals surface area contributed by atoms with Gasteiger partial charge in [0.2, 0.25) is 0 Å². The molecule has 0 bridgehead atoms. The number of nitroso groups, excluding NO2 is 1. The summed E-state index contributed by atoms with van der Waals surface area (Å²) in [5.74, 6) is 0. The van der Waals surface area contributed by atoms with E-state index in [-0.39, 0.29) is 13.2 Å². The zero-order valence-corrected chi connectivity index (χ0v) is 6.24. The fourth-order valence-corrected chi connectivity index (χ4v) is 0.627. The van der Waals surface area contributed by atoms with E-state index in [4.69, 9.17) is 5.11 Å². The van der Waals surface area contributed by atoms with Gasteiger partial charge in [-0.1, -0.05) is 5.18 Å². The average molecular weight is 231 g/mol. The lowest BCUT2D eigenvalue weighted by Gasteiger charge is -1.99. The van der Waals surface area contributed by atoms with Gasteiger partial charge in [0.1, 0.15) is 35.7 Å². The van der Waals surface area contributed by atoms with Crippen molar-refractivity contribution in [2.45, 2.75) is 6.10 Å². The van der Waals surface area contributed by atoms with Crippen LogP contribution >= 0.6 is 23.0 Å². The molecule has 0 aliphatic carbocycles. The first kappa shape index (κ1) is 8.25. The maximum atomic E-state index is 9.42. The molecular weight excluding hydrogens is 225 g/mol. The Morgan fingerprint density at radius 1 is 1.88 bits per heavy atom. The first-order chi connectivity index (χ1) is 3.81. The first-order valence-electron chi connectivity index (χ1n) is 2.02. The van der Waals surface area contributed by atoms with Crippen LogP contribution in [-0.2, 0) is 3.07 Å². The highest BCUT2D eigenvalue weighted by molar-refractivity contribution is 14.1. The summed E-state index contributed by atoms with van der Waals surface area (Å²) in [7, 11) is 0. The van der Waals surface area contributed by atoms with Crippen molar-refractivity contribution in [1.29, 1.82) is 0 Å². The molecule has 0 heterocycles. The van der Waals surface area contributed by atoms with Gasteiger partial charge in [-0.25, -0.2) is 0 Å². The van der Waals surface area contributed by atoms with Gasteiger partial charge in [0.05, 0.1) is 6.61 Å². The standard InChI is InChI=1S/C3H6INO3/c4-8-2-3(6)1-5-7/h3,6H,1-2H2/t3-/m1/s1. The smallest absolute Gasteiger partial charge is 0.109 e. The second kappa shape index (κ2) is 5.39. The van der Waals surface area contributed by atoms with Gasteiger partial charge in [-0.3, -0.25) is 0 Å². The predicted molar refractivity (Wildman–Crippen MR) is 36.6 cm³/mol. The number of rotatable bonds is 4. The maximum absolute atomic E-state index is 9.42. The van der Waals surface area contributed by atoms with Gasteiger partial charge in [-0.05, 0) is 0 Å². The van der Waals surface area contributed by atoms with Gasteiger partial charge in [0.15, 0.2) is 0 Å². The number of aliphatic hydroxyl groups excluding tert-OH is 1. The summed E-state index contributed by atoms with van der Waals surface area (Å²) in [4.78, 5) is 9.42. The van der Waals surface area contributed by atoms with Crippen LogP contribution in [-0.4, -0.2) is 24.4 Å². The fourth-order valence-electron chi connectivity index (χ4n) is 0.211. The van der Waals surface area contributed by atoms with E-state index in [1.807, 2.05) is 0 Å². The lowest BCUT2D eigenvalue weighted by molar-refractivity contribution is 0.136. The number of hydrogen-bond donors (Lipinski definition) is 1. The fraction of sp³-hybridized carbons (Fsp3) is 1.00. The highest BCUT2D eigenvalue weighted by atomic mass is 127. The van der Waals surface area contributed by atoms with Crippen molar-refractivity contribution in [1.82, 2.24) is 0 Å². The molecule has 5 heteroatoms. The zero-order chi connectivity index (χ0) is 6.41. The molecule has 0 radical (unpaired) electrons. The van der Waals surface area contributed by atoms with Crippen molar-refractivity contribution in [3.8, 4) is 0 Å². The van der Waals surface area contributed by atoms with Gasteiger partial charge in [-0.2, -0.15) is 4.91 Å². The summed E-state index contributed by atoms with van der Waals surface area (Å²) in [6.45, 7) is 0.0648. The highest BCUT2D eigenvalue weighted by Crippen LogP contribution is 1.90. The van der Waals surface area contributed by atoms with E-state index in [9.17, 15) is 4.91 Å². The van der Waals surface area contributed by atoms with E-state index in [1.165, 1.54) is 0 Å². The topological polar surface area (TPSA) is 58.9 Å². The highest BCUT2D eigenvalue weighted by Gasteiger charge is 2.00. The van der Waals surface area contributed by atoms with Crippen LogP contribution in [0.25, 0.3) is 0 Å². The molecule has 0 aromatic heterocycles. The third-order valence-corrected chi connectivity index (χ3v) is 0.900. The minimum Gasteiger partial charge on any atom is -0.389 e. The molecule has 0 saturated carbocycles. The normalized spacial score (nSPS) is 13.2. The van der Waals surface area contributed by atoms with Crippen LogP contribution in [0.1, 0.15) is 0 Å². The summed E-state index contributed by atoms with van der Waals surface area (Å²) in [5.41, 5.74) is 0. The van der Waals surface area contributed by atoms with Crippen LogP contribution < -0.4 is 0 Å². The van der Waals surface area contributed by atoms with E-state index >= 15 is 0 Å². The summed E-state index contributed by atoms with van der Waals surface area (Å²) in [5, 5.41) is 11.1. The molecular formula is C3H6INO3. The Balaban J connectivity index is 3.03. The van der Waals surface area contributed by atoms with E-state index in [0.29, 0.717) is 0 Å². The Kier molecular flexibility index (Phi) is 5.56. The average Bonchev–Trinajstić information content (AvgIpc) is 1.68. The molecule has 48 valence electrons. The van der Waals surface area contributed by atoms with Crippen molar-refractivity contribution in [2.24, 2.45) is 5.18 Å². The molecule has 0 unspecified atom stereocenters. The van der Waals surface area contributed by atoms with Crippen molar-refractivity contribution >= 4 is 23.0 Å². The van der Waals surface area contributed by atoms with Crippen molar-refractivity contribution < 1.29 is 8.17 Å². The van der Waals surface area contributed by atoms with Crippen molar-refractivity contribution in [3.63, 3.8) is 0 Å². The summed E-state index contributed by atoms with van der Waals surface area (Å²) < 4.78 is 4.48. The number of nitrogens with zero attached hydrogens (tertiary/aromatic N) is 1. The van der Waals surface area contributed by atoms with E-state index in [0.717, 1.165) is 0 Å². The van der Waals surface area contributed by atoms with Gasteiger partial charge in [-0.15, -0.1) is 0 Å². The summed E-state index contributed by atoms with van der Waals surface area (Å²) in [6.07, 6.45) is -0.746. The number of hydrogen-bond acceptors (Lipinski definition) is 4. The molecule has 1 N–H and O–H groups in total. The molecule has 1 atom stereocenters. The Morgan fingerprint density at radius 3 is 2.88 bits per heavy atom. The van der Waals surface area contributed by atoms with Crippen LogP contribution in [0.4, 0.5) is 0 Å². The minimum absolute atomic E-state index is 0.0942. The number of aliphatic hydroxyl groups is 1. The zero-order valence-electron chi connectivity index (χ0n) is 4.08. The van der Waals surface area contributed by atoms with E-state index < -0.39 is 6.10 Å². The molecule has 0 aromatic rings. The molecule has 0 saturated heterocycles. The minimum atomic E-state index is -0.746. The van der Waals surface area contributed by atoms with E-state index in [2.05, 4.69) is 8.24 Å². The van der Waals surface area contributed by atoms with E-state index in [1.54, 1.807) is 23.0 Å². The first-order valence-corrected chi connectivity index (χ1v) is 2.90. The lowest BCUT2D eigenvalue weighted by Crippen LogP contribution is -2.15. The Bertz CT molecular complexity index is 69.5. The summed E-state index contributed by atoms with van der Waals surface area (Å²) in [6, 6.07) is 0. The van der Waals surface area contributed by atoms with Crippen molar-refractivity contribution in [3.05, 3.63) is 4.91 Å². The summed E-state index contributed by atoms with van der Waals surface area (Å²) >= 11 is 1.64. The molecule has 0 amide bonds.